The topological polar surface area (TPSA) is 75.2 Å². The van der Waals surface area contributed by atoms with Crippen LogP contribution in [0, 0.1) is 6.92 Å². The van der Waals surface area contributed by atoms with E-state index in [-0.39, 0.29) is 5.75 Å². The number of hydrogen-bond acceptors (Lipinski definition) is 6. The maximum absolute atomic E-state index is 12.3. The van der Waals surface area contributed by atoms with Gasteiger partial charge < -0.3 is 14.0 Å². The normalized spacial score (nSPS) is 11.4. The third-order valence-electron chi connectivity index (χ3n) is 4.93. The van der Waals surface area contributed by atoms with Crippen LogP contribution < -0.4 is 9.47 Å². The van der Waals surface area contributed by atoms with Crippen molar-refractivity contribution in [2.45, 2.75) is 13.3 Å². The smallest absolute Gasteiger partial charge is 0.457 e. The van der Waals surface area contributed by atoms with Crippen molar-refractivity contribution in [1.82, 2.24) is 19.9 Å². The van der Waals surface area contributed by atoms with Crippen LogP contribution in [0.15, 0.2) is 89.6 Å². The van der Waals surface area contributed by atoms with Crippen molar-refractivity contribution in [3.05, 3.63) is 90.8 Å². The highest BCUT2D eigenvalue weighted by molar-refractivity contribution is 5.61. The van der Waals surface area contributed by atoms with Gasteiger partial charge in [-0.25, -0.2) is 4.68 Å². The molecule has 0 unspecified atom stereocenters. The van der Waals surface area contributed by atoms with Crippen molar-refractivity contribution < 1.29 is 27.2 Å². The second kappa shape index (κ2) is 8.98. The molecule has 35 heavy (non-hydrogen) atoms. The van der Waals surface area contributed by atoms with Gasteiger partial charge in [-0.2, -0.15) is 10.1 Å². The number of ether oxygens (including phenoxy) is 2. The van der Waals surface area contributed by atoms with Crippen molar-refractivity contribution in [3.8, 4) is 45.8 Å². The second-order valence-electron chi connectivity index (χ2n) is 7.52. The first-order chi connectivity index (χ1) is 16.8. The third-order valence-corrected chi connectivity index (χ3v) is 4.93. The van der Waals surface area contributed by atoms with E-state index in [0.29, 0.717) is 28.8 Å². The summed E-state index contributed by atoms with van der Waals surface area (Å²) >= 11 is 0. The predicted octanol–water partition coefficient (Wildman–Crippen LogP) is 6.59. The van der Waals surface area contributed by atoms with Crippen LogP contribution in [-0.4, -0.2) is 26.3 Å². The van der Waals surface area contributed by atoms with Gasteiger partial charge in [0, 0.05) is 17.3 Å². The largest absolute Gasteiger partial charge is 0.573 e. The molecule has 5 rings (SSSR count). The Balaban J connectivity index is 1.25. The maximum atomic E-state index is 12.3. The van der Waals surface area contributed by atoms with Gasteiger partial charge in [0.05, 0.1) is 11.4 Å². The van der Waals surface area contributed by atoms with Gasteiger partial charge in [-0.3, -0.25) is 0 Å². The molecule has 5 aromatic rings. The lowest BCUT2D eigenvalue weighted by atomic mass is 10.2. The average Bonchev–Trinajstić information content (AvgIpc) is 3.50. The lowest BCUT2D eigenvalue weighted by Crippen LogP contribution is -2.16. The quantitative estimate of drug-likeness (QED) is 0.274. The Morgan fingerprint density at radius 1 is 0.771 bits per heavy atom. The van der Waals surface area contributed by atoms with Crippen molar-refractivity contribution in [2.24, 2.45) is 0 Å². The van der Waals surface area contributed by atoms with Gasteiger partial charge in [0.2, 0.25) is 5.82 Å². The van der Waals surface area contributed by atoms with Gasteiger partial charge in [-0.1, -0.05) is 5.16 Å². The molecule has 3 aromatic carbocycles. The second-order valence-corrected chi connectivity index (χ2v) is 7.52. The van der Waals surface area contributed by atoms with E-state index < -0.39 is 6.36 Å². The highest BCUT2D eigenvalue weighted by atomic mass is 19.4. The molecule has 0 radical (unpaired) electrons. The molecule has 10 heteroatoms. The summed E-state index contributed by atoms with van der Waals surface area (Å²) in [6.45, 7) is 1.93. The molecule has 0 aliphatic rings. The minimum atomic E-state index is -4.74. The first kappa shape index (κ1) is 22.2. The molecule has 0 fully saturated rings. The summed E-state index contributed by atoms with van der Waals surface area (Å²) in [5, 5.41) is 8.45. The summed E-state index contributed by atoms with van der Waals surface area (Å²) in [5.41, 5.74) is 3.34. The number of aromatic nitrogens is 4. The van der Waals surface area contributed by atoms with Gasteiger partial charge in [-0.15, -0.1) is 13.2 Å². The number of aryl methyl sites for hydroxylation is 1. The van der Waals surface area contributed by atoms with Crippen molar-refractivity contribution in [2.75, 3.05) is 0 Å². The van der Waals surface area contributed by atoms with Gasteiger partial charge >= 0.3 is 6.36 Å². The van der Waals surface area contributed by atoms with E-state index in [1.54, 1.807) is 28.9 Å². The Morgan fingerprint density at radius 3 is 1.97 bits per heavy atom. The minimum absolute atomic E-state index is 0.321. The highest BCUT2D eigenvalue weighted by Crippen LogP contribution is 2.29. The SMILES string of the molecule is Cc1ccn(-c2ccc(-c3noc(-c4ccc(Oc5ccc(OC(F)(F)F)cc5)cc4)n3)cc2)n1. The zero-order valence-electron chi connectivity index (χ0n) is 18.2. The van der Waals surface area contributed by atoms with Crippen molar-refractivity contribution in [1.29, 1.82) is 0 Å². The lowest BCUT2D eigenvalue weighted by Gasteiger charge is -2.10. The van der Waals surface area contributed by atoms with Crippen LogP contribution in [0.25, 0.3) is 28.5 Å². The fourth-order valence-corrected chi connectivity index (χ4v) is 3.29. The predicted molar refractivity (Wildman–Crippen MR) is 120 cm³/mol. The zero-order chi connectivity index (χ0) is 24.4. The molecule has 2 aromatic heterocycles. The fraction of sp³-hybridized carbons (Fsp3) is 0.0800. The molecule has 7 nitrogen and oxygen atoms in total. The molecule has 0 amide bonds. The van der Waals surface area contributed by atoms with Crippen LogP contribution in [0.2, 0.25) is 0 Å². The Hall–Kier alpha value is -4.60. The van der Waals surface area contributed by atoms with Crippen LogP contribution >= 0.6 is 0 Å². The van der Waals surface area contributed by atoms with E-state index in [0.717, 1.165) is 16.9 Å². The Labute approximate surface area is 197 Å². The van der Waals surface area contributed by atoms with E-state index in [2.05, 4.69) is 20.0 Å². The average molecular weight is 478 g/mol. The van der Waals surface area contributed by atoms with Crippen LogP contribution in [0.5, 0.6) is 17.2 Å². The third kappa shape index (κ3) is 5.32. The summed E-state index contributed by atoms with van der Waals surface area (Å²) in [6, 6.07) is 21.6. The molecule has 2 heterocycles. The van der Waals surface area contributed by atoms with E-state index in [4.69, 9.17) is 9.26 Å². The summed E-state index contributed by atoms with van der Waals surface area (Å²) in [7, 11) is 0. The Bertz CT molecular complexity index is 1420. The molecule has 0 bridgehead atoms. The minimum Gasteiger partial charge on any atom is -0.457 e. The summed E-state index contributed by atoms with van der Waals surface area (Å²) in [6.07, 6.45) is -2.85. The lowest BCUT2D eigenvalue weighted by molar-refractivity contribution is -0.274. The molecule has 0 aliphatic heterocycles. The number of halogens is 3. The van der Waals surface area contributed by atoms with E-state index in [1.807, 2.05) is 43.5 Å². The number of rotatable bonds is 6. The molecular formula is C25H17F3N4O3. The zero-order valence-corrected chi connectivity index (χ0v) is 18.2. The molecular weight excluding hydrogens is 461 g/mol. The standard InChI is InChI=1S/C25H17F3N4O3/c1-16-14-15-32(30-16)19-6-2-17(3-7-19)23-29-24(35-31-23)18-4-8-20(9-5-18)33-21-10-12-22(13-11-21)34-25(26,27)28/h2-15H,1H3. The number of alkyl halides is 3. The molecule has 176 valence electrons. The molecule has 0 N–H and O–H groups in total. The Morgan fingerprint density at radius 2 is 1.37 bits per heavy atom. The van der Waals surface area contributed by atoms with Crippen molar-refractivity contribution in [3.63, 3.8) is 0 Å². The van der Waals surface area contributed by atoms with Crippen LogP contribution in [0.1, 0.15) is 5.69 Å². The first-order valence-corrected chi connectivity index (χ1v) is 10.4. The number of nitrogens with zero attached hydrogens (tertiary/aromatic N) is 4. The number of benzene rings is 3. The first-order valence-electron chi connectivity index (χ1n) is 10.4. The highest BCUT2D eigenvalue weighted by Gasteiger charge is 2.31. The van der Waals surface area contributed by atoms with Gasteiger partial charge in [0.25, 0.3) is 5.89 Å². The Kier molecular flexibility index (Phi) is 5.69. The number of hydrogen-bond donors (Lipinski definition) is 0. The molecule has 0 spiro atoms. The van der Waals surface area contributed by atoms with Crippen molar-refractivity contribution >= 4 is 0 Å². The van der Waals surface area contributed by atoms with Crippen LogP contribution in [0.3, 0.4) is 0 Å². The molecule has 0 saturated heterocycles. The summed E-state index contributed by atoms with van der Waals surface area (Å²) in [5.74, 6) is 1.32. The maximum Gasteiger partial charge on any atom is 0.573 e. The molecule has 0 saturated carbocycles. The van der Waals surface area contributed by atoms with E-state index >= 15 is 0 Å². The van der Waals surface area contributed by atoms with Gasteiger partial charge in [0.15, 0.2) is 0 Å². The molecule has 0 atom stereocenters. The summed E-state index contributed by atoms with van der Waals surface area (Å²) in [4.78, 5) is 4.46. The molecule has 0 aliphatic carbocycles. The van der Waals surface area contributed by atoms with Crippen LogP contribution in [0.4, 0.5) is 13.2 Å². The van der Waals surface area contributed by atoms with Gasteiger partial charge in [0.1, 0.15) is 17.2 Å². The van der Waals surface area contributed by atoms with E-state index in [1.165, 1.54) is 24.3 Å². The van der Waals surface area contributed by atoms with E-state index in [9.17, 15) is 13.2 Å². The van der Waals surface area contributed by atoms with Gasteiger partial charge in [-0.05, 0) is 85.8 Å². The van der Waals surface area contributed by atoms with Crippen LogP contribution in [-0.2, 0) is 0 Å². The fourth-order valence-electron chi connectivity index (χ4n) is 3.29. The summed E-state index contributed by atoms with van der Waals surface area (Å²) < 4.78 is 53.5. The monoisotopic (exact) mass is 478 g/mol.